The number of primary amides is 1. The molecule has 1 fully saturated rings. The van der Waals surface area contributed by atoms with Gasteiger partial charge >= 0.3 is 0 Å². The Morgan fingerprint density at radius 2 is 2.19 bits per heavy atom. The summed E-state index contributed by atoms with van der Waals surface area (Å²) >= 11 is 0. The fraction of sp³-hybridized carbons (Fsp3) is 0.538. The summed E-state index contributed by atoms with van der Waals surface area (Å²) in [6, 6.07) is 2.87. The van der Waals surface area contributed by atoms with Gasteiger partial charge in [0.15, 0.2) is 0 Å². The average Bonchev–Trinajstić information content (AvgIpc) is 2.47. The fourth-order valence-corrected chi connectivity index (χ4v) is 4.47. The zero-order chi connectivity index (χ0) is 15.6. The van der Waals surface area contributed by atoms with Gasteiger partial charge in [-0.05, 0) is 31.9 Å². The minimum Gasteiger partial charge on any atom is -0.369 e. The molecule has 1 amide bonds. The van der Waals surface area contributed by atoms with E-state index >= 15 is 0 Å². The summed E-state index contributed by atoms with van der Waals surface area (Å²) in [5, 5.41) is 0. The van der Waals surface area contributed by atoms with Gasteiger partial charge in [-0.15, -0.1) is 0 Å². The lowest BCUT2D eigenvalue weighted by atomic mass is 9.95. The monoisotopic (exact) mass is 312 g/mol. The number of pyridine rings is 1. The smallest absolute Gasteiger partial charge is 0.245 e. The summed E-state index contributed by atoms with van der Waals surface area (Å²) in [6.45, 7) is 1.97. The number of carbonyl (C=O) groups excluding carboxylic acids is 1. The van der Waals surface area contributed by atoms with Gasteiger partial charge in [-0.3, -0.25) is 9.78 Å². The topological polar surface area (TPSA) is 119 Å². The van der Waals surface area contributed by atoms with Crippen LogP contribution in [0.1, 0.15) is 25.5 Å². The van der Waals surface area contributed by atoms with Crippen molar-refractivity contribution < 1.29 is 13.2 Å². The zero-order valence-electron chi connectivity index (χ0n) is 11.9. The third kappa shape index (κ3) is 3.07. The molecule has 8 heteroatoms. The van der Waals surface area contributed by atoms with Crippen molar-refractivity contribution in [1.82, 2.24) is 9.29 Å². The van der Waals surface area contributed by atoms with E-state index in [-0.39, 0.29) is 24.0 Å². The second-order valence-electron chi connectivity index (χ2n) is 5.25. The molecule has 7 nitrogen and oxygen atoms in total. The molecule has 1 aliphatic rings. The van der Waals surface area contributed by atoms with Gasteiger partial charge in [-0.1, -0.05) is 0 Å². The highest BCUT2D eigenvalue weighted by Crippen LogP contribution is 2.28. The summed E-state index contributed by atoms with van der Waals surface area (Å²) in [4.78, 5) is 15.5. The van der Waals surface area contributed by atoms with Crippen LogP contribution in [-0.4, -0.2) is 36.2 Å². The van der Waals surface area contributed by atoms with Crippen molar-refractivity contribution in [2.75, 3.05) is 6.54 Å². The van der Waals surface area contributed by atoms with Crippen LogP contribution < -0.4 is 11.5 Å². The third-order valence-electron chi connectivity index (χ3n) is 3.86. The number of nitrogens with two attached hydrogens (primary N) is 2. The van der Waals surface area contributed by atoms with Gasteiger partial charge in [-0.2, -0.15) is 4.31 Å². The lowest BCUT2D eigenvalue weighted by Crippen LogP contribution is -2.48. The molecule has 1 saturated heterocycles. The number of aromatic nitrogens is 1. The summed E-state index contributed by atoms with van der Waals surface area (Å²) in [5.41, 5.74) is 11.2. The van der Waals surface area contributed by atoms with E-state index in [4.69, 9.17) is 11.5 Å². The average molecular weight is 312 g/mol. The van der Waals surface area contributed by atoms with Gasteiger partial charge in [0, 0.05) is 25.3 Å². The Morgan fingerprint density at radius 1 is 1.48 bits per heavy atom. The number of nitrogens with zero attached hydrogens (tertiary/aromatic N) is 2. The second-order valence-corrected chi connectivity index (χ2v) is 7.11. The molecule has 0 aromatic carbocycles. The number of piperidine rings is 1. The molecule has 0 spiro atoms. The molecule has 1 aromatic rings. The van der Waals surface area contributed by atoms with Crippen LogP contribution in [-0.2, 0) is 21.4 Å². The Labute approximate surface area is 124 Å². The molecule has 116 valence electrons. The van der Waals surface area contributed by atoms with E-state index in [1.807, 2.05) is 6.92 Å². The largest absolute Gasteiger partial charge is 0.369 e. The lowest BCUT2D eigenvalue weighted by molar-refractivity contribution is -0.123. The highest BCUT2D eigenvalue weighted by atomic mass is 32.2. The van der Waals surface area contributed by atoms with Crippen LogP contribution in [0.15, 0.2) is 23.2 Å². The van der Waals surface area contributed by atoms with E-state index in [9.17, 15) is 13.2 Å². The van der Waals surface area contributed by atoms with Crippen molar-refractivity contribution in [2.24, 2.45) is 17.4 Å². The maximum absolute atomic E-state index is 12.8. The Morgan fingerprint density at radius 3 is 2.81 bits per heavy atom. The number of sulfonamides is 1. The maximum atomic E-state index is 12.8. The Hall–Kier alpha value is -1.51. The Bertz CT molecular complexity index is 632. The first-order valence-corrected chi connectivity index (χ1v) is 8.27. The predicted molar refractivity (Wildman–Crippen MR) is 77.4 cm³/mol. The molecule has 21 heavy (non-hydrogen) atoms. The normalized spacial score (nSPS) is 23.9. The van der Waals surface area contributed by atoms with Crippen molar-refractivity contribution in [3.8, 4) is 0 Å². The maximum Gasteiger partial charge on any atom is 0.245 e. The first-order chi connectivity index (χ1) is 9.87. The molecular weight excluding hydrogens is 292 g/mol. The number of rotatable bonds is 4. The molecule has 0 bridgehead atoms. The van der Waals surface area contributed by atoms with Crippen LogP contribution in [0.25, 0.3) is 0 Å². The summed E-state index contributed by atoms with van der Waals surface area (Å²) < 4.78 is 27.0. The van der Waals surface area contributed by atoms with Gasteiger partial charge in [0.2, 0.25) is 15.9 Å². The van der Waals surface area contributed by atoms with E-state index < -0.39 is 21.8 Å². The van der Waals surface area contributed by atoms with Crippen molar-refractivity contribution in [1.29, 1.82) is 0 Å². The van der Waals surface area contributed by atoms with Crippen molar-refractivity contribution in [3.63, 3.8) is 0 Å². The van der Waals surface area contributed by atoms with Gasteiger partial charge < -0.3 is 11.5 Å². The molecule has 4 N–H and O–H groups in total. The molecular formula is C13H20N4O3S. The molecule has 2 rings (SSSR count). The molecule has 1 aliphatic heterocycles. The van der Waals surface area contributed by atoms with E-state index in [2.05, 4.69) is 4.98 Å². The van der Waals surface area contributed by atoms with Crippen LogP contribution in [0.4, 0.5) is 0 Å². The van der Waals surface area contributed by atoms with E-state index in [0.717, 1.165) is 0 Å². The summed E-state index contributed by atoms with van der Waals surface area (Å²) in [7, 11) is -3.74. The second kappa shape index (κ2) is 6.08. The molecule has 0 aliphatic carbocycles. The standard InChI is InChI=1S/C13H20N4O3S/c1-9-4-5-10(13(15)18)8-17(9)21(19,20)12-3-2-6-16-11(12)7-14/h2-3,6,9-10H,4-5,7-8,14H2,1H3,(H2,15,18). The number of amides is 1. The molecule has 0 radical (unpaired) electrons. The van der Waals surface area contributed by atoms with Crippen LogP contribution in [0.5, 0.6) is 0 Å². The first-order valence-electron chi connectivity index (χ1n) is 6.83. The Balaban J connectivity index is 2.39. The minimum atomic E-state index is -3.74. The van der Waals surface area contributed by atoms with Gasteiger partial charge in [-0.25, -0.2) is 8.42 Å². The van der Waals surface area contributed by atoms with E-state index in [0.29, 0.717) is 18.5 Å². The molecule has 2 atom stereocenters. The van der Waals surface area contributed by atoms with E-state index in [1.165, 1.54) is 16.6 Å². The quantitative estimate of drug-likeness (QED) is 0.799. The van der Waals surface area contributed by atoms with Crippen molar-refractivity contribution in [3.05, 3.63) is 24.0 Å². The molecule has 2 heterocycles. The minimum absolute atomic E-state index is 0.0386. The SMILES string of the molecule is CC1CCC(C(N)=O)CN1S(=O)(=O)c1cccnc1CN. The van der Waals surface area contributed by atoms with Crippen molar-refractivity contribution in [2.45, 2.75) is 37.2 Å². The summed E-state index contributed by atoms with van der Waals surface area (Å²) in [5.74, 6) is -0.915. The van der Waals surface area contributed by atoms with Crippen LogP contribution in [0, 0.1) is 5.92 Å². The number of hydrogen-bond donors (Lipinski definition) is 2. The number of carbonyl (C=O) groups is 1. The van der Waals surface area contributed by atoms with Gasteiger partial charge in [0.05, 0.1) is 11.6 Å². The highest BCUT2D eigenvalue weighted by molar-refractivity contribution is 7.89. The van der Waals surface area contributed by atoms with Crippen LogP contribution >= 0.6 is 0 Å². The van der Waals surface area contributed by atoms with Crippen molar-refractivity contribution >= 4 is 15.9 Å². The van der Waals surface area contributed by atoms with Crippen LogP contribution in [0.2, 0.25) is 0 Å². The van der Waals surface area contributed by atoms with Gasteiger partial charge in [0.25, 0.3) is 0 Å². The Kier molecular flexibility index (Phi) is 4.60. The fourth-order valence-electron chi connectivity index (χ4n) is 2.58. The predicted octanol–water partition coefficient (Wildman–Crippen LogP) is -0.185. The summed E-state index contributed by atoms with van der Waals surface area (Å²) in [6.07, 6.45) is 2.72. The highest BCUT2D eigenvalue weighted by Gasteiger charge is 2.37. The lowest BCUT2D eigenvalue weighted by Gasteiger charge is -2.36. The zero-order valence-corrected chi connectivity index (χ0v) is 12.7. The molecule has 2 unspecified atom stereocenters. The first kappa shape index (κ1) is 15.9. The third-order valence-corrected chi connectivity index (χ3v) is 5.91. The van der Waals surface area contributed by atoms with Gasteiger partial charge in [0.1, 0.15) is 4.90 Å². The van der Waals surface area contributed by atoms with Crippen LogP contribution in [0.3, 0.4) is 0 Å². The van der Waals surface area contributed by atoms with E-state index in [1.54, 1.807) is 6.07 Å². The molecule has 0 saturated carbocycles. The number of hydrogen-bond acceptors (Lipinski definition) is 5. The molecule has 1 aromatic heterocycles.